The zero-order valence-electron chi connectivity index (χ0n) is 12.4. The Bertz CT molecular complexity index is 424. The Balaban J connectivity index is 2.32. The Morgan fingerprint density at radius 1 is 1.45 bits per heavy atom. The maximum atomic E-state index is 11.7. The average molecular weight is 343 g/mol. The highest BCUT2D eigenvalue weighted by Gasteiger charge is 2.09. The number of amides is 1. The number of hydrogen-bond acceptors (Lipinski definition) is 3. The summed E-state index contributed by atoms with van der Waals surface area (Å²) in [6.45, 7) is 8.51. The van der Waals surface area contributed by atoms with Gasteiger partial charge in [0.15, 0.2) is 0 Å². The van der Waals surface area contributed by atoms with Gasteiger partial charge in [0.1, 0.15) is 12.4 Å². The standard InChI is InChI=1S/C15H23BrN2O2/c1-4-18(11-15(19)17-12(2)3)8-9-20-14-7-5-6-13(16)10-14/h5-7,10,12H,4,8-9,11H2,1-3H3,(H,17,19). The summed E-state index contributed by atoms with van der Waals surface area (Å²) in [5, 5.41) is 2.90. The van der Waals surface area contributed by atoms with Gasteiger partial charge in [-0.25, -0.2) is 0 Å². The molecule has 0 aromatic heterocycles. The highest BCUT2D eigenvalue weighted by molar-refractivity contribution is 9.10. The number of ether oxygens (including phenoxy) is 1. The fourth-order valence-corrected chi connectivity index (χ4v) is 2.15. The van der Waals surface area contributed by atoms with Crippen LogP contribution >= 0.6 is 15.9 Å². The summed E-state index contributed by atoms with van der Waals surface area (Å²) in [5.74, 6) is 0.895. The van der Waals surface area contributed by atoms with Crippen LogP contribution in [0.4, 0.5) is 0 Å². The average Bonchev–Trinajstić information content (AvgIpc) is 2.36. The summed E-state index contributed by atoms with van der Waals surface area (Å²) in [7, 11) is 0. The van der Waals surface area contributed by atoms with Crippen molar-refractivity contribution in [3.05, 3.63) is 28.7 Å². The van der Waals surface area contributed by atoms with Gasteiger partial charge in [0, 0.05) is 17.1 Å². The van der Waals surface area contributed by atoms with Crippen LogP contribution in [0.1, 0.15) is 20.8 Å². The Kier molecular flexibility index (Phi) is 7.62. The lowest BCUT2D eigenvalue weighted by Gasteiger charge is -2.20. The van der Waals surface area contributed by atoms with Gasteiger partial charge in [-0.2, -0.15) is 0 Å². The second-order valence-electron chi connectivity index (χ2n) is 4.90. The topological polar surface area (TPSA) is 41.6 Å². The van der Waals surface area contributed by atoms with E-state index < -0.39 is 0 Å². The number of hydrogen-bond donors (Lipinski definition) is 1. The van der Waals surface area contributed by atoms with Gasteiger partial charge >= 0.3 is 0 Å². The molecule has 4 nitrogen and oxygen atoms in total. The predicted octanol–water partition coefficient (Wildman–Crippen LogP) is 2.67. The van der Waals surface area contributed by atoms with Gasteiger partial charge in [-0.1, -0.05) is 28.9 Å². The zero-order chi connectivity index (χ0) is 15.0. The summed E-state index contributed by atoms with van der Waals surface area (Å²) >= 11 is 3.41. The van der Waals surface area contributed by atoms with Crippen LogP contribution in [0.25, 0.3) is 0 Å². The molecule has 0 bridgehead atoms. The maximum absolute atomic E-state index is 11.7. The van der Waals surface area contributed by atoms with E-state index in [0.29, 0.717) is 13.2 Å². The molecule has 1 rings (SSSR count). The highest BCUT2D eigenvalue weighted by Crippen LogP contribution is 2.17. The molecular weight excluding hydrogens is 320 g/mol. The first-order chi connectivity index (χ1) is 9.51. The van der Waals surface area contributed by atoms with Gasteiger partial charge in [0.25, 0.3) is 0 Å². The quantitative estimate of drug-likeness (QED) is 0.789. The summed E-state index contributed by atoms with van der Waals surface area (Å²) in [4.78, 5) is 13.8. The van der Waals surface area contributed by atoms with E-state index in [1.54, 1.807) is 0 Å². The number of carbonyl (C=O) groups excluding carboxylic acids is 1. The van der Waals surface area contributed by atoms with Crippen molar-refractivity contribution in [2.45, 2.75) is 26.8 Å². The highest BCUT2D eigenvalue weighted by atomic mass is 79.9. The van der Waals surface area contributed by atoms with E-state index in [-0.39, 0.29) is 11.9 Å². The Morgan fingerprint density at radius 2 is 2.20 bits per heavy atom. The summed E-state index contributed by atoms with van der Waals surface area (Å²) < 4.78 is 6.68. The van der Waals surface area contributed by atoms with Crippen LogP contribution in [-0.4, -0.2) is 43.1 Å². The number of likely N-dealkylation sites (N-methyl/N-ethyl adjacent to an activating group) is 1. The molecule has 1 N–H and O–H groups in total. The summed E-state index contributed by atoms with van der Waals surface area (Å²) in [5.41, 5.74) is 0. The predicted molar refractivity (Wildman–Crippen MR) is 85.0 cm³/mol. The van der Waals surface area contributed by atoms with Crippen LogP contribution in [0.3, 0.4) is 0 Å². The van der Waals surface area contributed by atoms with Crippen LogP contribution in [-0.2, 0) is 4.79 Å². The molecule has 1 amide bonds. The minimum atomic E-state index is 0.0595. The molecule has 112 valence electrons. The van der Waals surface area contributed by atoms with Crippen molar-refractivity contribution in [2.75, 3.05) is 26.2 Å². The first-order valence-electron chi connectivity index (χ1n) is 6.91. The van der Waals surface area contributed by atoms with E-state index in [2.05, 4.69) is 26.1 Å². The first kappa shape index (κ1) is 17.0. The van der Waals surface area contributed by atoms with Crippen LogP contribution in [0.15, 0.2) is 28.7 Å². The molecule has 0 saturated heterocycles. The molecule has 1 aromatic rings. The fourth-order valence-electron chi connectivity index (χ4n) is 1.77. The minimum absolute atomic E-state index is 0.0595. The largest absolute Gasteiger partial charge is 0.492 e. The third kappa shape index (κ3) is 6.91. The van der Waals surface area contributed by atoms with E-state index in [4.69, 9.17) is 4.74 Å². The maximum Gasteiger partial charge on any atom is 0.234 e. The smallest absolute Gasteiger partial charge is 0.234 e. The Hall–Kier alpha value is -1.07. The molecule has 0 radical (unpaired) electrons. The van der Waals surface area contributed by atoms with E-state index >= 15 is 0 Å². The van der Waals surface area contributed by atoms with Gasteiger partial charge in [-0.05, 0) is 38.6 Å². The first-order valence-corrected chi connectivity index (χ1v) is 7.70. The lowest BCUT2D eigenvalue weighted by Crippen LogP contribution is -2.41. The van der Waals surface area contributed by atoms with Gasteiger partial charge in [0.05, 0.1) is 6.54 Å². The molecule has 0 aliphatic carbocycles. The van der Waals surface area contributed by atoms with Crippen LogP contribution < -0.4 is 10.1 Å². The van der Waals surface area contributed by atoms with Crippen molar-refractivity contribution in [3.8, 4) is 5.75 Å². The van der Waals surface area contributed by atoms with E-state index in [1.807, 2.05) is 45.0 Å². The molecule has 0 unspecified atom stereocenters. The molecule has 0 heterocycles. The van der Waals surface area contributed by atoms with Crippen LogP contribution in [0.5, 0.6) is 5.75 Å². The molecule has 0 saturated carbocycles. The number of carbonyl (C=O) groups is 1. The van der Waals surface area contributed by atoms with Gasteiger partial charge in [-0.15, -0.1) is 0 Å². The van der Waals surface area contributed by atoms with Crippen molar-refractivity contribution in [2.24, 2.45) is 0 Å². The second-order valence-corrected chi connectivity index (χ2v) is 5.81. The monoisotopic (exact) mass is 342 g/mol. The number of nitrogens with zero attached hydrogens (tertiary/aromatic N) is 1. The van der Waals surface area contributed by atoms with Crippen molar-refractivity contribution >= 4 is 21.8 Å². The van der Waals surface area contributed by atoms with Crippen LogP contribution in [0.2, 0.25) is 0 Å². The lowest BCUT2D eigenvalue weighted by molar-refractivity contribution is -0.122. The molecule has 0 spiro atoms. The van der Waals surface area contributed by atoms with Gasteiger partial charge < -0.3 is 10.1 Å². The molecule has 0 aliphatic rings. The van der Waals surface area contributed by atoms with Crippen molar-refractivity contribution < 1.29 is 9.53 Å². The fraction of sp³-hybridized carbons (Fsp3) is 0.533. The third-order valence-electron chi connectivity index (χ3n) is 2.74. The Labute approximate surface area is 129 Å². The molecular formula is C15H23BrN2O2. The lowest BCUT2D eigenvalue weighted by atomic mass is 10.3. The van der Waals surface area contributed by atoms with Crippen molar-refractivity contribution in [1.29, 1.82) is 0 Å². The van der Waals surface area contributed by atoms with E-state index in [1.165, 1.54) is 0 Å². The third-order valence-corrected chi connectivity index (χ3v) is 3.23. The molecule has 20 heavy (non-hydrogen) atoms. The number of halogens is 1. The summed E-state index contributed by atoms with van der Waals surface area (Å²) in [6.07, 6.45) is 0. The van der Waals surface area contributed by atoms with Crippen molar-refractivity contribution in [3.63, 3.8) is 0 Å². The van der Waals surface area contributed by atoms with Crippen LogP contribution in [0, 0.1) is 0 Å². The van der Waals surface area contributed by atoms with E-state index in [0.717, 1.165) is 23.3 Å². The second kappa shape index (κ2) is 8.97. The molecule has 0 aliphatic heterocycles. The SMILES string of the molecule is CCN(CCOc1cccc(Br)c1)CC(=O)NC(C)C. The van der Waals surface area contributed by atoms with E-state index in [9.17, 15) is 4.79 Å². The number of benzene rings is 1. The minimum Gasteiger partial charge on any atom is -0.492 e. The van der Waals surface area contributed by atoms with Gasteiger partial charge in [0.2, 0.25) is 5.91 Å². The normalized spacial score (nSPS) is 10.9. The van der Waals surface area contributed by atoms with Gasteiger partial charge in [-0.3, -0.25) is 9.69 Å². The zero-order valence-corrected chi connectivity index (χ0v) is 13.9. The molecule has 0 atom stereocenters. The number of nitrogens with one attached hydrogen (secondary N) is 1. The van der Waals surface area contributed by atoms with Crippen molar-refractivity contribution in [1.82, 2.24) is 10.2 Å². The summed E-state index contributed by atoms with van der Waals surface area (Å²) in [6, 6.07) is 7.93. The number of rotatable bonds is 8. The molecule has 1 aromatic carbocycles. The molecule has 5 heteroatoms. The molecule has 0 fully saturated rings. The Morgan fingerprint density at radius 3 is 2.80 bits per heavy atom.